The van der Waals surface area contributed by atoms with Gasteiger partial charge in [0.2, 0.25) is 5.91 Å². The highest BCUT2D eigenvalue weighted by Gasteiger charge is 2.27. The van der Waals surface area contributed by atoms with Gasteiger partial charge >= 0.3 is 0 Å². The minimum absolute atomic E-state index is 0.00965. The summed E-state index contributed by atoms with van der Waals surface area (Å²) < 4.78 is 1.95. The topological polar surface area (TPSA) is 45.6 Å². The Kier molecular flexibility index (Phi) is 4.11. The first-order valence-corrected chi connectivity index (χ1v) is 8.11. The minimum Gasteiger partial charge on any atom is -0.340 e. The average molecular weight is 313 g/mol. The molecule has 0 radical (unpaired) electrons. The van der Waals surface area contributed by atoms with Gasteiger partial charge in [-0.3, -0.25) is 9.59 Å². The van der Waals surface area contributed by atoms with Crippen LogP contribution < -0.4 is 0 Å². The molecule has 1 aromatic heterocycles. The molecule has 0 aliphatic carbocycles. The Labute approximate surface area is 136 Å². The van der Waals surface area contributed by atoms with Gasteiger partial charge in [-0.25, -0.2) is 0 Å². The summed E-state index contributed by atoms with van der Waals surface area (Å²) >= 11 is 0. The quantitative estimate of drug-likeness (QED) is 0.852. The van der Waals surface area contributed by atoms with Crippen LogP contribution in [0.4, 0.5) is 0 Å². The van der Waals surface area contributed by atoms with E-state index in [1.54, 1.807) is 0 Å². The number of aryl methyl sites for hydroxylation is 1. The molecule has 1 saturated heterocycles. The van der Waals surface area contributed by atoms with Gasteiger partial charge in [0.15, 0.2) is 0 Å². The fraction of sp³-hybridized carbons (Fsp3) is 0.444. The Morgan fingerprint density at radius 3 is 2.22 bits per heavy atom. The van der Waals surface area contributed by atoms with Gasteiger partial charge in [-0.1, -0.05) is 32.0 Å². The molecule has 2 aromatic rings. The Bertz CT molecular complexity index is 740. The van der Waals surface area contributed by atoms with Crippen LogP contribution in [0.2, 0.25) is 0 Å². The van der Waals surface area contributed by atoms with Crippen LogP contribution in [0.15, 0.2) is 30.3 Å². The number of benzene rings is 1. The largest absolute Gasteiger partial charge is 0.340 e. The maximum atomic E-state index is 12.8. The van der Waals surface area contributed by atoms with Crippen molar-refractivity contribution in [3.8, 4) is 0 Å². The van der Waals surface area contributed by atoms with E-state index in [1.807, 2.05) is 65.6 Å². The van der Waals surface area contributed by atoms with Crippen molar-refractivity contribution in [1.29, 1.82) is 0 Å². The summed E-state index contributed by atoms with van der Waals surface area (Å²) in [5.41, 5.74) is 1.76. The van der Waals surface area contributed by atoms with E-state index in [1.165, 1.54) is 0 Å². The third kappa shape index (κ3) is 2.83. The van der Waals surface area contributed by atoms with Gasteiger partial charge in [0.1, 0.15) is 5.69 Å². The van der Waals surface area contributed by atoms with Gasteiger partial charge in [-0.2, -0.15) is 0 Å². The molecule has 0 saturated carbocycles. The molecule has 122 valence electrons. The maximum Gasteiger partial charge on any atom is 0.270 e. The molecule has 1 aromatic carbocycles. The zero-order valence-electron chi connectivity index (χ0n) is 14.0. The molecule has 23 heavy (non-hydrogen) atoms. The molecule has 1 aliphatic rings. The first-order valence-electron chi connectivity index (χ1n) is 8.11. The van der Waals surface area contributed by atoms with E-state index in [0.29, 0.717) is 31.9 Å². The molecule has 5 heteroatoms. The number of carbonyl (C=O) groups is 2. The highest BCUT2D eigenvalue weighted by Crippen LogP contribution is 2.20. The molecular formula is C18H23N3O2. The van der Waals surface area contributed by atoms with Crippen LogP contribution in [-0.4, -0.2) is 52.4 Å². The van der Waals surface area contributed by atoms with E-state index in [4.69, 9.17) is 0 Å². The second kappa shape index (κ2) is 6.07. The molecule has 3 rings (SSSR count). The van der Waals surface area contributed by atoms with E-state index < -0.39 is 0 Å². The summed E-state index contributed by atoms with van der Waals surface area (Å²) in [4.78, 5) is 28.5. The highest BCUT2D eigenvalue weighted by molar-refractivity contribution is 5.98. The van der Waals surface area contributed by atoms with Gasteiger partial charge < -0.3 is 14.4 Å². The van der Waals surface area contributed by atoms with Crippen molar-refractivity contribution in [2.75, 3.05) is 26.2 Å². The number of aromatic nitrogens is 1. The van der Waals surface area contributed by atoms with Crippen LogP contribution >= 0.6 is 0 Å². The third-order valence-electron chi connectivity index (χ3n) is 4.54. The van der Waals surface area contributed by atoms with Crippen molar-refractivity contribution >= 4 is 22.7 Å². The Morgan fingerprint density at radius 2 is 1.61 bits per heavy atom. The third-order valence-corrected chi connectivity index (χ3v) is 4.54. The number of hydrogen-bond donors (Lipinski definition) is 0. The zero-order valence-corrected chi connectivity index (χ0v) is 14.0. The maximum absolute atomic E-state index is 12.8. The number of para-hydroxylation sites is 1. The summed E-state index contributed by atoms with van der Waals surface area (Å²) in [6.45, 7) is 6.25. The second-order valence-corrected chi connectivity index (χ2v) is 6.42. The molecule has 0 spiro atoms. The first-order chi connectivity index (χ1) is 11.0. The van der Waals surface area contributed by atoms with Gasteiger partial charge in [0, 0.05) is 50.0 Å². The van der Waals surface area contributed by atoms with Gasteiger partial charge in [0.05, 0.1) is 0 Å². The predicted molar refractivity (Wildman–Crippen MR) is 90.2 cm³/mol. The number of nitrogens with zero attached hydrogens (tertiary/aromatic N) is 3. The van der Waals surface area contributed by atoms with Crippen LogP contribution in [0.3, 0.4) is 0 Å². The highest BCUT2D eigenvalue weighted by atomic mass is 16.2. The lowest BCUT2D eigenvalue weighted by Gasteiger charge is -2.35. The number of hydrogen-bond acceptors (Lipinski definition) is 2. The summed E-state index contributed by atoms with van der Waals surface area (Å²) in [6, 6.07) is 9.94. The van der Waals surface area contributed by atoms with Gasteiger partial charge in [0.25, 0.3) is 5.91 Å². The molecule has 1 aliphatic heterocycles. The van der Waals surface area contributed by atoms with Crippen LogP contribution in [0.1, 0.15) is 24.3 Å². The molecule has 1 fully saturated rings. The lowest BCUT2D eigenvalue weighted by atomic mass is 10.1. The van der Waals surface area contributed by atoms with Crippen LogP contribution in [0, 0.1) is 5.92 Å². The standard InChI is InChI=1S/C18H23N3O2/c1-13(2)17(22)20-8-10-21(11-9-20)18(23)16-12-14-6-4-5-7-15(14)19(16)3/h4-7,12-13H,8-11H2,1-3H3. The lowest BCUT2D eigenvalue weighted by molar-refractivity contribution is -0.135. The second-order valence-electron chi connectivity index (χ2n) is 6.42. The van der Waals surface area contributed by atoms with E-state index in [2.05, 4.69) is 0 Å². The molecule has 0 atom stereocenters. The summed E-state index contributed by atoms with van der Waals surface area (Å²) in [5, 5.41) is 1.08. The van der Waals surface area contributed by atoms with Gasteiger partial charge in [-0.15, -0.1) is 0 Å². The van der Waals surface area contributed by atoms with Crippen LogP contribution in [0.25, 0.3) is 10.9 Å². The van der Waals surface area contributed by atoms with Crippen LogP contribution in [-0.2, 0) is 11.8 Å². The van der Waals surface area contributed by atoms with E-state index >= 15 is 0 Å². The molecule has 2 heterocycles. The number of rotatable bonds is 2. The Hall–Kier alpha value is -2.30. The molecule has 0 N–H and O–H groups in total. The zero-order chi connectivity index (χ0) is 16.6. The normalized spacial score (nSPS) is 15.5. The molecule has 5 nitrogen and oxygen atoms in total. The van der Waals surface area contributed by atoms with E-state index in [0.717, 1.165) is 10.9 Å². The van der Waals surface area contributed by atoms with Crippen molar-refractivity contribution in [3.63, 3.8) is 0 Å². The molecular weight excluding hydrogens is 290 g/mol. The Morgan fingerprint density at radius 1 is 1.00 bits per heavy atom. The Balaban J connectivity index is 1.74. The van der Waals surface area contributed by atoms with Crippen molar-refractivity contribution in [1.82, 2.24) is 14.4 Å². The number of fused-ring (bicyclic) bond motifs is 1. The smallest absolute Gasteiger partial charge is 0.270 e. The molecule has 0 unspecified atom stereocenters. The van der Waals surface area contributed by atoms with Crippen molar-refractivity contribution in [2.45, 2.75) is 13.8 Å². The SMILES string of the molecule is CC(C)C(=O)N1CCN(C(=O)c2cc3ccccc3n2C)CC1. The van der Waals surface area contributed by atoms with Gasteiger partial charge in [-0.05, 0) is 12.1 Å². The average Bonchev–Trinajstić information content (AvgIpc) is 2.91. The fourth-order valence-corrected chi connectivity index (χ4v) is 3.15. The number of amides is 2. The van der Waals surface area contributed by atoms with Crippen molar-refractivity contribution < 1.29 is 9.59 Å². The summed E-state index contributed by atoms with van der Waals surface area (Å²) in [6.07, 6.45) is 0. The first kappa shape index (κ1) is 15.6. The summed E-state index contributed by atoms with van der Waals surface area (Å²) in [7, 11) is 1.92. The van der Waals surface area contributed by atoms with Crippen LogP contribution in [0.5, 0.6) is 0 Å². The van der Waals surface area contributed by atoms with E-state index in [-0.39, 0.29) is 17.7 Å². The predicted octanol–water partition coefficient (Wildman–Crippen LogP) is 2.12. The lowest BCUT2D eigenvalue weighted by Crippen LogP contribution is -2.51. The fourth-order valence-electron chi connectivity index (χ4n) is 3.15. The number of piperazine rings is 1. The number of carbonyl (C=O) groups excluding carboxylic acids is 2. The molecule has 0 bridgehead atoms. The van der Waals surface area contributed by atoms with E-state index in [9.17, 15) is 9.59 Å². The summed E-state index contributed by atoms with van der Waals surface area (Å²) in [5.74, 6) is 0.220. The van der Waals surface area contributed by atoms with Crippen molar-refractivity contribution in [2.24, 2.45) is 13.0 Å². The monoisotopic (exact) mass is 313 g/mol. The van der Waals surface area contributed by atoms with Crippen molar-refractivity contribution in [3.05, 3.63) is 36.0 Å². The minimum atomic E-state index is 0.00965. The molecule has 2 amide bonds.